The molecule has 1 aliphatic heterocycles. The summed E-state index contributed by atoms with van der Waals surface area (Å²) in [5.41, 5.74) is 0.660. The minimum absolute atomic E-state index is 0.0307. The van der Waals surface area contributed by atoms with E-state index in [1.165, 1.54) is 0 Å². The highest BCUT2D eigenvalue weighted by Crippen LogP contribution is 2.18. The van der Waals surface area contributed by atoms with Crippen molar-refractivity contribution in [3.63, 3.8) is 0 Å². The summed E-state index contributed by atoms with van der Waals surface area (Å²) in [6.07, 6.45) is 6.81. The number of carbonyl (C=O) groups excluding carboxylic acids is 1. The van der Waals surface area contributed by atoms with Crippen LogP contribution in [0.4, 0.5) is 5.82 Å². The molecule has 1 fully saturated rings. The number of hydrogen-bond donors (Lipinski definition) is 0. The molecule has 0 atom stereocenters. The highest BCUT2D eigenvalue weighted by atomic mass is 35.5. The maximum Gasteiger partial charge on any atom is 0.253 e. The first kappa shape index (κ1) is 16.5. The summed E-state index contributed by atoms with van der Waals surface area (Å²) >= 11 is 5.89. The predicted octanol–water partition coefficient (Wildman–Crippen LogP) is 2.28. The lowest BCUT2D eigenvalue weighted by molar-refractivity contribution is 0.0746. The molecule has 8 heteroatoms. The number of rotatable bonds is 3. The van der Waals surface area contributed by atoms with Crippen molar-refractivity contribution in [3.8, 4) is 5.82 Å². The molecule has 1 saturated heterocycles. The molecule has 3 heterocycles. The fourth-order valence-corrected chi connectivity index (χ4v) is 3.09. The molecule has 0 unspecified atom stereocenters. The molecular weight excluding hydrogens is 352 g/mol. The van der Waals surface area contributed by atoms with Gasteiger partial charge in [0, 0.05) is 55.2 Å². The molecule has 1 amide bonds. The largest absolute Gasteiger partial charge is 0.353 e. The number of imidazole rings is 1. The lowest BCUT2D eigenvalue weighted by Crippen LogP contribution is -2.49. The minimum Gasteiger partial charge on any atom is -0.353 e. The molecule has 0 spiro atoms. The van der Waals surface area contributed by atoms with E-state index in [1.807, 2.05) is 21.7 Å². The Hall–Kier alpha value is -2.93. The van der Waals surface area contributed by atoms with Crippen LogP contribution in [-0.4, -0.2) is 56.5 Å². The van der Waals surface area contributed by atoms with Crippen LogP contribution in [0.3, 0.4) is 0 Å². The Morgan fingerprint density at radius 1 is 1.00 bits per heavy atom. The number of halogens is 1. The van der Waals surface area contributed by atoms with E-state index in [-0.39, 0.29) is 5.91 Å². The van der Waals surface area contributed by atoms with Crippen LogP contribution < -0.4 is 4.90 Å². The number of amides is 1. The van der Waals surface area contributed by atoms with Crippen molar-refractivity contribution >= 4 is 23.3 Å². The monoisotopic (exact) mass is 368 g/mol. The summed E-state index contributed by atoms with van der Waals surface area (Å²) in [6.45, 7) is 2.73. The number of carbonyl (C=O) groups is 1. The lowest BCUT2D eigenvalue weighted by atomic mass is 10.2. The number of aromatic nitrogens is 4. The Kier molecular flexibility index (Phi) is 4.53. The first-order chi connectivity index (χ1) is 12.7. The van der Waals surface area contributed by atoms with Crippen LogP contribution in [-0.2, 0) is 0 Å². The highest BCUT2D eigenvalue weighted by Gasteiger charge is 2.23. The maximum absolute atomic E-state index is 12.6. The van der Waals surface area contributed by atoms with Crippen molar-refractivity contribution in [2.75, 3.05) is 31.1 Å². The summed E-state index contributed by atoms with van der Waals surface area (Å²) in [7, 11) is 0. The minimum atomic E-state index is 0.0307. The molecule has 0 bridgehead atoms. The van der Waals surface area contributed by atoms with Crippen LogP contribution >= 0.6 is 11.6 Å². The molecule has 0 saturated carbocycles. The number of anilines is 1. The molecular formula is C18H17ClN6O. The van der Waals surface area contributed by atoms with Crippen LogP contribution in [0.1, 0.15) is 10.4 Å². The number of nitrogens with zero attached hydrogens (tertiary/aromatic N) is 6. The van der Waals surface area contributed by atoms with Crippen LogP contribution in [0.15, 0.2) is 55.4 Å². The van der Waals surface area contributed by atoms with Gasteiger partial charge < -0.3 is 9.80 Å². The van der Waals surface area contributed by atoms with Crippen molar-refractivity contribution in [1.82, 2.24) is 24.4 Å². The van der Waals surface area contributed by atoms with E-state index in [2.05, 4.69) is 19.9 Å². The Morgan fingerprint density at radius 3 is 2.42 bits per heavy atom. The Balaban J connectivity index is 1.43. The van der Waals surface area contributed by atoms with Gasteiger partial charge in [0.2, 0.25) is 0 Å². The van der Waals surface area contributed by atoms with Crippen molar-refractivity contribution < 1.29 is 4.79 Å². The molecule has 132 valence electrons. The van der Waals surface area contributed by atoms with E-state index in [0.29, 0.717) is 23.7 Å². The molecule has 0 radical (unpaired) electrons. The quantitative estimate of drug-likeness (QED) is 0.709. The smallest absolute Gasteiger partial charge is 0.253 e. The van der Waals surface area contributed by atoms with Crippen molar-refractivity contribution in [2.45, 2.75) is 0 Å². The fourth-order valence-electron chi connectivity index (χ4n) is 2.96. The number of benzene rings is 1. The van der Waals surface area contributed by atoms with Crippen LogP contribution in [0.2, 0.25) is 5.02 Å². The van der Waals surface area contributed by atoms with E-state index in [1.54, 1.807) is 43.1 Å². The Morgan fingerprint density at radius 2 is 1.73 bits per heavy atom. The van der Waals surface area contributed by atoms with Gasteiger partial charge in [-0.25, -0.2) is 15.0 Å². The van der Waals surface area contributed by atoms with Gasteiger partial charge in [-0.1, -0.05) is 11.6 Å². The first-order valence-corrected chi connectivity index (χ1v) is 8.69. The van der Waals surface area contributed by atoms with E-state index in [4.69, 9.17) is 11.6 Å². The average molecular weight is 369 g/mol. The number of piperazine rings is 1. The molecule has 0 aliphatic carbocycles. The van der Waals surface area contributed by atoms with Gasteiger partial charge in [-0.2, -0.15) is 0 Å². The van der Waals surface area contributed by atoms with E-state index >= 15 is 0 Å². The van der Waals surface area contributed by atoms with Crippen LogP contribution in [0.5, 0.6) is 0 Å². The summed E-state index contributed by atoms with van der Waals surface area (Å²) in [5, 5.41) is 0.629. The third-order valence-electron chi connectivity index (χ3n) is 4.39. The van der Waals surface area contributed by atoms with Gasteiger partial charge in [-0.15, -0.1) is 0 Å². The van der Waals surface area contributed by atoms with Gasteiger partial charge in [0.15, 0.2) is 0 Å². The molecule has 1 aromatic carbocycles. The Labute approximate surface area is 155 Å². The fraction of sp³-hybridized carbons (Fsp3) is 0.222. The zero-order valence-electron chi connectivity index (χ0n) is 14.0. The molecule has 0 N–H and O–H groups in total. The molecule has 1 aliphatic rings. The van der Waals surface area contributed by atoms with E-state index in [0.717, 1.165) is 24.7 Å². The van der Waals surface area contributed by atoms with Crippen LogP contribution in [0, 0.1) is 0 Å². The second-order valence-corrected chi connectivity index (χ2v) is 6.43. The SMILES string of the molecule is O=C(c1ccc(Cl)cc1)N1CCN(c2cc(-n3ccnc3)ncn2)CC1. The third-order valence-corrected chi connectivity index (χ3v) is 4.64. The second kappa shape index (κ2) is 7.13. The van der Waals surface area contributed by atoms with Crippen molar-refractivity contribution in [3.05, 3.63) is 66.0 Å². The standard InChI is InChI=1S/C18H17ClN6O/c19-15-3-1-14(2-4-15)18(26)24-9-7-23(8-10-24)16-11-17(22-12-21-16)25-6-5-20-13-25/h1-6,11-13H,7-10H2. The zero-order chi connectivity index (χ0) is 17.9. The van der Waals surface area contributed by atoms with Gasteiger partial charge in [-0.3, -0.25) is 9.36 Å². The lowest BCUT2D eigenvalue weighted by Gasteiger charge is -2.35. The average Bonchev–Trinajstić information content (AvgIpc) is 3.23. The van der Waals surface area contributed by atoms with Gasteiger partial charge in [0.05, 0.1) is 0 Å². The molecule has 4 rings (SSSR count). The van der Waals surface area contributed by atoms with Crippen molar-refractivity contribution in [2.24, 2.45) is 0 Å². The molecule has 3 aromatic rings. The maximum atomic E-state index is 12.6. The highest BCUT2D eigenvalue weighted by molar-refractivity contribution is 6.30. The van der Waals surface area contributed by atoms with Gasteiger partial charge in [-0.05, 0) is 24.3 Å². The molecule has 2 aromatic heterocycles. The van der Waals surface area contributed by atoms with Gasteiger partial charge >= 0.3 is 0 Å². The summed E-state index contributed by atoms with van der Waals surface area (Å²) in [5.74, 6) is 1.65. The van der Waals surface area contributed by atoms with Gasteiger partial charge in [0.1, 0.15) is 24.3 Å². The summed E-state index contributed by atoms with van der Waals surface area (Å²) in [6, 6.07) is 8.93. The third kappa shape index (κ3) is 3.39. The zero-order valence-corrected chi connectivity index (χ0v) is 14.8. The normalized spacial score (nSPS) is 14.5. The first-order valence-electron chi connectivity index (χ1n) is 8.31. The van der Waals surface area contributed by atoms with E-state index in [9.17, 15) is 4.79 Å². The van der Waals surface area contributed by atoms with Crippen molar-refractivity contribution in [1.29, 1.82) is 0 Å². The Bertz CT molecular complexity index is 888. The second-order valence-electron chi connectivity index (χ2n) is 5.99. The van der Waals surface area contributed by atoms with Gasteiger partial charge in [0.25, 0.3) is 5.91 Å². The van der Waals surface area contributed by atoms with E-state index < -0.39 is 0 Å². The molecule has 7 nitrogen and oxygen atoms in total. The van der Waals surface area contributed by atoms with Crippen LogP contribution in [0.25, 0.3) is 5.82 Å². The summed E-state index contributed by atoms with van der Waals surface area (Å²) in [4.78, 5) is 29.3. The number of hydrogen-bond acceptors (Lipinski definition) is 5. The molecule has 26 heavy (non-hydrogen) atoms. The summed E-state index contributed by atoms with van der Waals surface area (Å²) < 4.78 is 1.84. The predicted molar refractivity (Wildman–Crippen MR) is 98.7 cm³/mol. The topological polar surface area (TPSA) is 67.2 Å².